The molecule has 71 heavy (non-hydrogen) atoms. The Bertz CT molecular complexity index is 1840. The van der Waals surface area contributed by atoms with E-state index < -0.39 is 157 Å². The summed E-state index contributed by atoms with van der Waals surface area (Å²) in [4.78, 5) is 90.7. The zero-order valence-corrected chi connectivity index (χ0v) is 42.6. The maximum atomic E-state index is 13.8. The van der Waals surface area contributed by atoms with Crippen LogP contribution in [0.15, 0.2) is 0 Å². The van der Waals surface area contributed by atoms with Gasteiger partial charge in [0.2, 0.25) is 5.91 Å². The zero-order chi connectivity index (χ0) is 54.0. The van der Waals surface area contributed by atoms with Gasteiger partial charge in [-0.25, -0.2) is 14.4 Å². The van der Waals surface area contributed by atoms with Gasteiger partial charge in [-0.05, 0) is 88.0 Å². The standard InChI is InChI=1S/C45H74F3N5O18/c1-14-15-21(2)35(58)50-26-18-27(52-41(62)71-44(11,12)13)32(67-36-25(51-40(61)70-43(8,9)10)17-16-24(65-36)19-49-39(60)69-42(5,6)7)30(57)31(26)68-37-34(64-23(4)56)29(53-38(59)45(46,47)48)33(63-22(3)55)28(20-54)66-37/h21,24-34,36-37,54,57H,14-20H2,1-13H3,(H,49,60)(H,50,58)(H,51,61)(H,52,62)(H,53,59)/t21-,24?,25?,26+,27-,28?,29-,30?,31+,32?,33-,34?,36-,37-/m0/s1. The summed E-state index contributed by atoms with van der Waals surface area (Å²) in [6.45, 7) is 18.7. The molecule has 0 aromatic carbocycles. The molecule has 3 aliphatic rings. The molecule has 0 spiro atoms. The maximum Gasteiger partial charge on any atom is 0.471 e. The molecule has 6 unspecified atom stereocenters. The molecule has 2 saturated heterocycles. The fraction of sp³-hybridized carbons (Fsp3) is 0.844. The van der Waals surface area contributed by atoms with Crippen molar-refractivity contribution in [2.24, 2.45) is 5.92 Å². The Balaban J connectivity index is 2.24. The van der Waals surface area contributed by atoms with Gasteiger partial charge in [-0.2, -0.15) is 13.2 Å². The van der Waals surface area contributed by atoms with Gasteiger partial charge in [0.1, 0.15) is 47.3 Å². The maximum absolute atomic E-state index is 13.8. The van der Waals surface area contributed by atoms with Crippen LogP contribution in [0.2, 0.25) is 0 Å². The number of halogens is 3. The van der Waals surface area contributed by atoms with E-state index in [4.69, 9.17) is 42.6 Å². The molecule has 26 heteroatoms. The Morgan fingerprint density at radius 3 is 1.65 bits per heavy atom. The molecule has 0 radical (unpaired) electrons. The Morgan fingerprint density at radius 2 is 1.15 bits per heavy atom. The number of amides is 5. The van der Waals surface area contributed by atoms with Crippen molar-refractivity contribution in [3.8, 4) is 0 Å². The van der Waals surface area contributed by atoms with Crippen molar-refractivity contribution in [3.05, 3.63) is 0 Å². The third-order valence-corrected chi connectivity index (χ3v) is 10.8. The quantitative estimate of drug-likeness (QED) is 0.0864. The molecular formula is C45H74F3N5O18. The summed E-state index contributed by atoms with van der Waals surface area (Å²) in [5, 5.41) is 35.6. The fourth-order valence-electron chi connectivity index (χ4n) is 7.97. The molecule has 0 aromatic rings. The number of nitrogens with one attached hydrogen (secondary N) is 5. The average Bonchev–Trinajstić information content (AvgIpc) is 3.19. The number of alkyl carbamates (subject to hydrolysis) is 3. The molecule has 2 heterocycles. The predicted molar refractivity (Wildman–Crippen MR) is 240 cm³/mol. The van der Waals surface area contributed by atoms with Crippen molar-refractivity contribution in [1.29, 1.82) is 0 Å². The minimum absolute atomic E-state index is 0.126. The second kappa shape index (κ2) is 25.3. The van der Waals surface area contributed by atoms with Crippen LogP contribution in [0.5, 0.6) is 0 Å². The van der Waals surface area contributed by atoms with Crippen LogP contribution in [0, 0.1) is 5.92 Å². The van der Waals surface area contributed by atoms with Gasteiger partial charge >= 0.3 is 42.3 Å². The van der Waals surface area contributed by atoms with Crippen molar-refractivity contribution >= 4 is 42.0 Å². The molecule has 1 saturated carbocycles. The highest BCUT2D eigenvalue weighted by Crippen LogP contribution is 2.35. The topological polar surface area (TPSA) is 303 Å². The van der Waals surface area contributed by atoms with Gasteiger partial charge in [0, 0.05) is 26.3 Å². The van der Waals surface area contributed by atoms with E-state index in [2.05, 4.69) is 21.3 Å². The summed E-state index contributed by atoms with van der Waals surface area (Å²) < 4.78 is 93.7. The van der Waals surface area contributed by atoms with Crippen LogP contribution >= 0.6 is 0 Å². The van der Waals surface area contributed by atoms with Crippen LogP contribution < -0.4 is 26.6 Å². The Kier molecular flexibility index (Phi) is 21.5. The first-order chi connectivity index (χ1) is 32.6. The van der Waals surface area contributed by atoms with Gasteiger partial charge in [0.15, 0.2) is 24.8 Å². The van der Waals surface area contributed by atoms with Crippen molar-refractivity contribution in [3.63, 3.8) is 0 Å². The monoisotopic (exact) mass is 1030 g/mol. The molecule has 2 aliphatic heterocycles. The van der Waals surface area contributed by atoms with Crippen molar-refractivity contribution in [2.45, 2.75) is 225 Å². The van der Waals surface area contributed by atoms with Crippen molar-refractivity contribution in [1.82, 2.24) is 26.6 Å². The van der Waals surface area contributed by atoms with Gasteiger partial charge in [0.25, 0.3) is 0 Å². The number of hydrogen-bond donors (Lipinski definition) is 7. The Morgan fingerprint density at radius 1 is 0.662 bits per heavy atom. The van der Waals surface area contributed by atoms with Crippen molar-refractivity contribution in [2.75, 3.05) is 13.2 Å². The van der Waals surface area contributed by atoms with Crippen LogP contribution in [-0.2, 0) is 61.8 Å². The number of hydrogen-bond acceptors (Lipinski definition) is 18. The van der Waals surface area contributed by atoms with E-state index in [9.17, 15) is 56.9 Å². The molecule has 14 atom stereocenters. The third-order valence-electron chi connectivity index (χ3n) is 10.8. The second-order valence-electron chi connectivity index (χ2n) is 20.7. The molecule has 3 fully saturated rings. The summed E-state index contributed by atoms with van der Waals surface area (Å²) in [6, 6.07) is -5.86. The lowest BCUT2D eigenvalue weighted by molar-refractivity contribution is -0.319. The SMILES string of the molecule is CCC[C@H](C)C(=O)N[C@@H]1C[C@H](NC(=O)OC(C)(C)C)C(O[C@@H]2OC(CNC(=O)OC(C)(C)C)CCC2NC(=O)OC(C)(C)C)C(O)[C@@H]1O[C@@H]1OC(CO)[C@H](OC(C)=O)[C@H](NC(=O)C(F)(F)F)C1OC(C)=O. The van der Waals surface area contributed by atoms with Crippen LogP contribution in [-0.4, -0.2) is 168 Å². The minimum Gasteiger partial charge on any atom is -0.457 e. The molecule has 1 aliphatic carbocycles. The highest BCUT2D eigenvalue weighted by Gasteiger charge is 2.57. The molecular weight excluding hydrogens is 956 g/mol. The zero-order valence-electron chi connectivity index (χ0n) is 42.6. The Labute approximate surface area is 411 Å². The van der Waals surface area contributed by atoms with E-state index in [1.165, 1.54) is 0 Å². The van der Waals surface area contributed by atoms with Gasteiger partial charge in [-0.15, -0.1) is 0 Å². The first kappa shape index (κ1) is 60.5. The second-order valence-corrected chi connectivity index (χ2v) is 20.7. The molecule has 23 nitrogen and oxygen atoms in total. The number of ether oxygens (including phenoxy) is 9. The summed E-state index contributed by atoms with van der Waals surface area (Å²) in [5.74, 6) is -6.01. The normalized spacial score (nSPS) is 29.8. The minimum atomic E-state index is -5.53. The molecule has 0 bridgehead atoms. The first-order valence-electron chi connectivity index (χ1n) is 23.5. The van der Waals surface area contributed by atoms with Gasteiger partial charge < -0.3 is 79.4 Å². The van der Waals surface area contributed by atoms with E-state index in [0.717, 1.165) is 13.8 Å². The molecule has 408 valence electrons. The van der Waals surface area contributed by atoms with Crippen LogP contribution in [0.1, 0.15) is 122 Å². The number of aliphatic hydroxyl groups excluding tert-OH is 2. The van der Waals surface area contributed by atoms with E-state index in [0.29, 0.717) is 12.8 Å². The molecule has 7 N–H and O–H groups in total. The molecule has 5 amide bonds. The van der Waals surface area contributed by atoms with Crippen LogP contribution in [0.4, 0.5) is 27.6 Å². The van der Waals surface area contributed by atoms with Gasteiger partial charge in [0.05, 0.1) is 30.8 Å². The summed E-state index contributed by atoms with van der Waals surface area (Å²) in [7, 11) is 0. The van der Waals surface area contributed by atoms with Gasteiger partial charge in [-0.3, -0.25) is 19.2 Å². The summed E-state index contributed by atoms with van der Waals surface area (Å²) in [5.41, 5.74) is -2.85. The number of carbonyl (C=O) groups excluding carboxylic acids is 7. The highest BCUT2D eigenvalue weighted by molar-refractivity contribution is 5.82. The van der Waals surface area contributed by atoms with Crippen LogP contribution in [0.25, 0.3) is 0 Å². The van der Waals surface area contributed by atoms with E-state index in [1.54, 1.807) is 74.6 Å². The van der Waals surface area contributed by atoms with E-state index in [-0.39, 0.29) is 25.8 Å². The lowest BCUT2D eigenvalue weighted by Crippen LogP contribution is -2.71. The van der Waals surface area contributed by atoms with Gasteiger partial charge in [-0.1, -0.05) is 20.3 Å². The number of carbonyl (C=O) groups is 7. The third kappa shape index (κ3) is 19.6. The predicted octanol–water partition coefficient (Wildman–Crippen LogP) is 2.89. The summed E-state index contributed by atoms with van der Waals surface area (Å²) in [6.07, 6.45) is -23.0. The first-order valence-corrected chi connectivity index (χ1v) is 23.5. The number of esters is 2. The fourth-order valence-corrected chi connectivity index (χ4v) is 7.97. The van der Waals surface area contributed by atoms with E-state index in [1.807, 2.05) is 6.92 Å². The van der Waals surface area contributed by atoms with Crippen molar-refractivity contribution < 1.29 is 99.6 Å². The number of rotatable bonds is 16. The highest BCUT2D eigenvalue weighted by atomic mass is 19.4. The Hall–Kier alpha value is -4.76. The lowest BCUT2D eigenvalue weighted by atomic mass is 9.82. The average molecular weight is 1030 g/mol. The smallest absolute Gasteiger partial charge is 0.457 e. The van der Waals surface area contributed by atoms with Crippen LogP contribution in [0.3, 0.4) is 0 Å². The number of alkyl halides is 3. The number of aliphatic hydroxyl groups is 2. The van der Waals surface area contributed by atoms with E-state index >= 15 is 0 Å². The molecule has 3 rings (SSSR count). The molecule has 0 aromatic heterocycles. The summed E-state index contributed by atoms with van der Waals surface area (Å²) >= 11 is 0. The lowest BCUT2D eigenvalue weighted by Gasteiger charge is -2.50. The largest absolute Gasteiger partial charge is 0.471 e.